The molecule has 0 radical (unpaired) electrons. The van der Waals surface area contributed by atoms with Gasteiger partial charge in [-0.2, -0.15) is 16.8 Å². The van der Waals surface area contributed by atoms with Crippen LogP contribution in [0.25, 0.3) is 44.5 Å². The Kier molecular flexibility index (Phi) is 8.07. The fraction of sp³-hybridized carbons (Fsp3) is 0.435. The number of hydrogen-bond acceptors (Lipinski definition) is 8. The fourth-order valence-corrected chi connectivity index (χ4v) is 15.1. The quantitative estimate of drug-likeness (QED) is 0.143. The zero-order chi connectivity index (χ0) is 39.8. The molecule has 4 aromatic carbocycles. The Labute approximate surface area is 330 Å². The summed E-state index contributed by atoms with van der Waals surface area (Å²) in [6.07, 6.45) is 3.29. The van der Waals surface area contributed by atoms with Crippen molar-refractivity contribution in [2.45, 2.75) is 80.1 Å². The molecule has 8 nitrogen and oxygen atoms in total. The SMILES string of the molecule is Cc1ccc2c(c1)-c1cccc(OS(=O)(=O)C[C@]34CC[C@H](CC3=O)C4(C)C)c1-c1c(OS(=O)(=O)C[C@]34CC[C@H](CC3=O)C4(C)C)cccc1-c1cc(C)ccc1-2. The summed E-state index contributed by atoms with van der Waals surface area (Å²) >= 11 is 0. The maximum absolute atomic E-state index is 14.4. The normalized spacial score (nSPS) is 26.5. The summed E-state index contributed by atoms with van der Waals surface area (Å²) in [6.45, 7) is 12.0. The van der Waals surface area contributed by atoms with Gasteiger partial charge in [-0.25, -0.2) is 0 Å². The van der Waals surface area contributed by atoms with E-state index in [0.29, 0.717) is 47.9 Å². The van der Waals surface area contributed by atoms with Gasteiger partial charge in [0.05, 0.1) is 22.3 Å². The number of fused-ring (bicyclic) bond motifs is 12. The number of hydrogen-bond donors (Lipinski definition) is 0. The average molecular weight is 793 g/mol. The van der Waals surface area contributed by atoms with Gasteiger partial charge in [0.25, 0.3) is 0 Å². The number of aryl methyl sites for hydroxylation is 2. The maximum atomic E-state index is 14.4. The molecule has 0 amide bonds. The molecule has 0 heterocycles. The van der Waals surface area contributed by atoms with Crippen LogP contribution >= 0.6 is 0 Å². The molecule has 5 aliphatic carbocycles. The molecule has 0 spiro atoms. The lowest BCUT2D eigenvalue weighted by atomic mass is 9.70. The molecule has 4 bridgehead atoms. The second-order valence-corrected chi connectivity index (χ2v) is 21.5. The summed E-state index contributed by atoms with van der Waals surface area (Å²) in [5.41, 5.74) is 4.33. The smallest absolute Gasteiger partial charge is 0.310 e. The molecule has 0 aliphatic heterocycles. The summed E-state index contributed by atoms with van der Waals surface area (Å²) < 4.78 is 70.0. The average Bonchev–Trinajstić information content (AvgIpc) is 3.64. The van der Waals surface area contributed by atoms with Crippen LogP contribution in [0.3, 0.4) is 0 Å². The summed E-state index contributed by atoms with van der Waals surface area (Å²) in [5.74, 6) is -0.690. The number of carbonyl (C=O) groups excluding carboxylic acids is 2. The van der Waals surface area contributed by atoms with Crippen LogP contribution in [0.1, 0.15) is 77.3 Å². The van der Waals surface area contributed by atoms with Crippen LogP contribution in [0.15, 0.2) is 72.8 Å². The van der Waals surface area contributed by atoms with Crippen LogP contribution in [0.5, 0.6) is 11.5 Å². The molecule has 0 aromatic heterocycles. The zero-order valence-corrected chi connectivity index (χ0v) is 34.5. The van der Waals surface area contributed by atoms with Gasteiger partial charge in [-0.1, -0.05) is 99.5 Å². The largest absolute Gasteiger partial charge is 0.382 e. The summed E-state index contributed by atoms with van der Waals surface area (Å²) in [4.78, 5) is 27.0. The van der Waals surface area contributed by atoms with Gasteiger partial charge < -0.3 is 8.37 Å². The standard InChI is InChI=1S/C46H48O8S2/c1-27-13-15-31-32-16-14-28(2)22-36(32)34-10-8-12-38(54-56(51,52)26-46-20-18-30(24-40(46)48)44(46,5)6)42(34)41-33(35(31)21-27)9-7-11-37(41)53-55(49,50)25-45-19-17-29(23-39(45)47)43(45,3)4/h7-16,21-22,29-30H,17-20,23-26H2,1-6H3/t29-,30-,45-,46-/m1/s1. The predicted octanol–water partition coefficient (Wildman–Crippen LogP) is 9.49. The van der Waals surface area contributed by atoms with Crippen molar-refractivity contribution in [3.8, 4) is 56.0 Å². The van der Waals surface area contributed by atoms with Gasteiger partial charge >= 0.3 is 20.2 Å². The lowest BCUT2D eigenvalue weighted by Gasteiger charge is -2.36. The Bertz CT molecular complexity index is 2440. The first kappa shape index (κ1) is 37.3. The highest BCUT2D eigenvalue weighted by atomic mass is 32.2. The minimum Gasteiger partial charge on any atom is -0.382 e. The van der Waals surface area contributed by atoms with E-state index in [4.69, 9.17) is 8.37 Å². The van der Waals surface area contributed by atoms with Crippen molar-refractivity contribution >= 4 is 31.8 Å². The van der Waals surface area contributed by atoms with E-state index in [9.17, 15) is 26.4 Å². The van der Waals surface area contributed by atoms with E-state index < -0.39 is 53.4 Å². The van der Waals surface area contributed by atoms with E-state index in [1.54, 1.807) is 24.3 Å². The lowest BCUT2D eigenvalue weighted by molar-refractivity contribution is -0.128. The number of Topliss-reactive ketones (excluding diaryl/α,β-unsaturated/α-hetero) is 2. The first-order chi connectivity index (χ1) is 26.3. The molecule has 4 atom stereocenters. The zero-order valence-electron chi connectivity index (χ0n) is 32.8. The first-order valence-corrected chi connectivity index (χ1v) is 22.8. The minimum atomic E-state index is -4.38. The molecule has 4 fully saturated rings. The van der Waals surface area contributed by atoms with E-state index in [-0.39, 0.29) is 34.9 Å². The molecule has 4 saturated carbocycles. The predicted molar refractivity (Wildman–Crippen MR) is 217 cm³/mol. The van der Waals surface area contributed by atoms with Crippen molar-refractivity contribution < 1.29 is 34.8 Å². The maximum Gasteiger partial charge on any atom is 0.310 e. The van der Waals surface area contributed by atoms with E-state index in [0.717, 1.165) is 46.2 Å². The van der Waals surface area contributed by atoms with E-state index >= 15 is 0 Å². The van der Waals surface area contributed by atoms with Crippen molar-refractivity contribution in [2.75, 3.05) is 11.5 Å². The van der Waals surface area contributed by atoms with Crippen LogP contribution in [0.2, 0.25) is 0 Å². The van der Waals surface area contributed by atoms with Crippen LogP contribution in [-0.2, 0) is 29.8 Å². The van der Waals surface area contributed by atoms with Gasteiger partial charge in [0.2, 0.25) is 0 Å². The molecule has 5 aliphatic rings. The van der Waals surface area contributed by atoms with Crippen LogP contribution in [0.4, 0.5) is 0 Å². The number of benzene rings is 4. The Balaban J connectivity index is 1.25. The van der Waals surface area contributed by atoms with Crippen LogP contribution < -0.4 is 8.37 Å². The topological polar surface area (TPSA) is 121 Å². The summed E-state index contributed by atoms with van der Waals surface area (Å²) in [7, 11) is -8.77. The van der Waals surface area contributed by atoms with Crippen molar-refractivity contribution in [1.29, 1.82) is 0 Å². The molecule has 56 heavy (non-hydrogen) atoms. The highest BCUT2D eigenvalue weighted by molar-refractivity contribution is 7.87. The molecular weight excluding hydrogens is 745 g/mol. The first-order valence-electron chi connectivity index (χ1n) is 19.7. The second-order valence-electron chi connectivity index (χ2n) is 18.4. The van der Waals surface area contributed by atoms with Gasteiger partial charge in [0, 0.05) is 24.0 Å². The molecule has 0 saturated heterocycles. The number of rotatable bonds is 8. The molecular formula is C46H48O8S2. The van der Waals surface area contributed by atoms with Crippen molar-refractivity contribution in [3.63, 3.8) is 0 Å². The summed E-state index contributed by atoms with van der Waals surface area (Å²) in [6, 6.07) is 22.7. The highest BCUT2D eigenvalue weighted by Crippen LogP contribution is 2.66. The third kappa shape index (κ3) is 5.26. The molecule has 4 aromatic rings. The van der Waals surface area contributed by atoms with Crippen LogP contribution in [0, 0.1) is 47.3 Å². The third-order valence-electron chi connectivity index (χ3n) is 15.1. The third-order valence-corrected chi connectivity index (χ3v) is 17.6. The van der Waals surface area contributed by atoms with Crippen LogP contribution in [-0.4, -0.2) is 39.9 Å². The number of carbonyl (C=O) groups is 2. The molecule has 9 rings (SSSR count). The summed E-state index contributed by atoms with van der Waals surface area (Å²) in [5, 5.41) is 0. The van der Waals surface area contributed by atoms with Gasteiger partial charge in [0.15, 0.2) is 11.5 Å². The van der Waals surface area contributed by atoms with Crippen molar-refractivity contribution in [2.24, 2.45) is 33.5 Å². The Morgan fingerprint density at radius 3 is 1.29 bits per heavy atom. The Morgan fingerprint density at radius 2 is 0.946 bits per heavy atom. The van der Waals surface area contributed by atoms with Crippen molar-refractivity contribution in [3.05, 3.63) is 83.9 Å². The van der Waals surface area contributed by atoms with Crippen molar-refractivity contribution in [1.82, 2.24) is 0 Å². The van der Waals surface area contributed by atoms with E-state index in [1.807, 2.05) is 77.9 Å². The minimum absolute atomic E-state index is 0.0132. The fourth-order valence-electron chi connectivity index (χ4n) is 11.5. The Morgan fingerprint density at radius 1 is 0.554 bits per heavy atom. The van der Waals surface area contributed by atoms with E-state index in [2.05, 4.69) is 12.1 Å². The van der Waals surface area contributed by atoms with Gasteiger partial charge in [0.1, 0.15) is 11.6 Å². The van der Waals surface area contributed by atoms with Gasteiger partial charge in [-0.3, -0.25) is 9.59 Å². The molecule has 0 N–H and O–H groups in total. The highest BCUT2D eigenvalue weighted by Gasteiger charge is 2.67. The molecule has 0 unspecified atom stereocenters. The van der Waals surface area contributed by atoms with Gasteiger partial charge in [-0.15, -0.1) is 0 Å². The van der Waals surface area contributed by atoms with Gasteiger partial charge in [-0.05, 0) is 108 Å². The second kappa shape index (κ2) is 12.1. The molecule has 10 heteroatoms. The monoisotopic (exact) mass is 792 g/mol. The number of ketones is 2. The van der Waals surface area contributed by atoms with E-state index in [1.165, 1.54) is 0 Å². The molecule has 292 valence electrons. The Hall–Kier alpha value is -4.28. The lowest BCUT2D eigenvalue weighted by Crippen LogP contribution is -2.43.